The molecular formula is C28H41N3O4S. The van der Waals surface area contributed by atoms with Gasteiger partial charge < -0.3 is 10.2 Å². The highest BCUT2D eigenvalue weighted by atomic mass is 32.2. The average Bonchev–Trinajstić information content (AvgIpc) is 2.80. The normalized spacial score (nSPS) is 12.6. The summed E-state index contributed by atoms with van der Waals surface area (Å²) in [6.45, 7) is 12.2. The summed E-state index contributed by atoms with van der Waals surface area (Å²) in [6.07, 6.45) is 2.87. The molecule has 0 aliphatic rings. The van der Waals surface area contributed by atoms with Crippen molar-refractivity contribution in [3.05, 3.63) is 65.2 Å². The van der Waals surface area contributed by atoms with Crippen molar-refractivity contribution >= 4 is 27.5 Å². The van der Waals surface area contributed by atoms with Crippen LogP contribution in [0.25, 0.3) is 0 Å². The lowest BCUT2D eigenvalue weighted by molar-refractivity contribution is -0.139. The van der Waals surface area contributed by atoms with Crippen LogP contribution in [0.5, 0.6) is 0 Å². The molecule has 7 nitrogen and oxygen atoms in total. The molecule has 0 saturated heterocycles. The highest BCUT2D eigenvalue weighted by molar-refractivity contribution is 7.92. The van der Waals surface area contributed by atoms with Crippen molar-refractivity contribution in [2.45, 2.75) is 72.4 Å². The second-order valence-corrected chi connectivity index (χ2v) is 12.2. The van der Waals surface area contributed by atoms with Gasteiger partial charge in [-0.3, -0.25) is 13.9 Å². The lowest BCUT2D eigenvalue weighted by Gasteiger charge is -2.32. The molecule has 198 valence electrons. The fourth-order valence-electron chi connectivity index (χ4n) is 3.83. The number of amides is 2. The molecule has 1 N–H and O–H groups in total. The van der Waals surface area contributed by atoms with Crippen LogP contribution >= 0.6 is 0 Å². The van der Waals surface area contributed by atoms with Crippen LogP contribution in [0.3, 0.4) is 0 Å². The summed E-state index contributed by atoms with van der Waals surface area (Å²) in [5.74, 6) is -0.701. The minimum Gasteiger partial charge on any atom is -0.354 e. The van der Waals surface area contributed by atoms with E-state index in [0.717, 1.165) is 40.1 Å². The van der Waals surface area contributed by atoms with Crippen LogP contribution in [-0.2, 0) is 31.6 Å². The first-order chi connectivity index (χ1) is 16.8. The van der Waals surface area contributed by atoms with Gasteiger partial charge in [0.25, 0.3) is 0 Å². The van der Waals surface area contributed by atoms with Gasteiger partial charge in [-0.2, -0.15) is 0 Å². The van der Waals surface area contributed by atoms with Gasteiger partial charge in [-0.15, -0.1) is 0 Å². The number of hydrogen-bond acceptors (Lipinski definition) is 4. The molecule has 2 rings (SSSR count). The van der Waals surface area contributed by atoms with Crippen molar-refractivity contribution in [2.75, 3.05) is 23.7 Å². The smallest absolute Gasteiger partial charge is 0.244 e. The van der Waals surface area contributed by atoms with E-state index in [1.54, 1.807) is 19.1 Å². The third kappa shape index (κ3) is 8.08. The largest absolute Gasteiger partial charge is 0.354 e. The molecule has 0 spiro atoms. The van der Waals surface area contributed by atoms with E-state index in [9.17, 15) is 18.0 Å². The maximum Gasteiger partial charge on any atom is 0.244 e. The summed E-state index contributed by atoms with van der Waals surface area (Å²) in [5, 5.41) is 2.89. The van der Waals surface area contributed by atoms with E-state index in [-0.39, 0.29) is 17.9 Å². The van der Waals surface area contributed by atoms with Crippen LogP contribution in [0.15, 0.2) is 48.5 Å². The predicted octanol–water partition coefficient (Wildman–Crippen LogP) is 4.39. The molecule has 0 aliphatic heterocycles. The Hall–Kier alpha value is -2.87. The van der Waals surface area contributed by atoms with Crippen LogP contribution in [-0.4, -0.2) is 50.5 Å². The summed E-state index contributed by atoms with van der Waals surface area (Å²) in [6, 6.07) is 14.1. The van der Waals surface area contributed by atoms with Gasteiger partial charge in [-0.1, -0.05) is 70.5 Å². The number of carbonyl (C=O) groups excluding carboxylic acids is 2. The SMILES string of the molecule is CCCCNC(=O)C(C)N(Cc1ccccc1C)C(=O)CN(c1ccc(C(C)(C)C)cc1)S(C)(=O)=O. The fraction of sp³-hybridized carbons (Fsp3) is 0.500. The number of unbranched alkanes of at least 4 members (excludes halogenated alkanes) is 1. The van der Waals surface area contributed by atoms with E-state index in [1.807, 2.05) is 50.2 Å². The van der Waals surface area contributed by atoms with Crippen LogP contribution in [0.2, 0.25) is 0 Å². The van der Waals surface area contributed by atoms with Crippen LogP contribution in [0, 0.1) is 6.92 Å². The van der Waals surface area contributed by atoms with E-state index in [2.05, 4.69) is 26.1 Å². The van der Waals surface area contributed by atoms with Gasteiger partial charge in [-0.25, -0.2) is 8.42 Å². The van der Waals surface area contributed by atoms with Crippen molar-refractivity contribution in [3.8, 4) is 0 Å². The third-order valence-corrected chi connectivity index (χ3v) is 7.44. The Labute approximate surface area is 216 Å². The Morgan fingerprint density at radius 1 is 1.03 bits per heavy atom. The Morgan fingerprint density at radius 3 is 2.17 bits per heavy atom. The number of carbonyl (C=O) groups is 2. The monoisotopic (exact) mass is 515 g/mol. The molecule has 0 aromatic heterocycles. The molecule has 0 heterocycles. The number of nitrogens with zero attached hydrogens (tertiary/aromatic N) is 2. The van der Waals surface area contributed by atoms with Gasteiger partial charge in [-0.05, 0) is 54.5 Å². The average molecular weight is 516 g/mol. The lowest BCUT2D eigenvalue weighted by atomic mass is 9.87. The third-order valence-electron chi connectivity index (χ3n) is 6.30. The number of aryl methyl sites for hydroxylation is 1. The van der Waals surface area contributed by atoms with Gasteiger partial charge >= 0.3 is 0 Å². The van der Waals surface area contributed by atoms with Crippen molar-refractivity contribution in [1.29, 1.82) is 0 Å². The Morgan fingerprint density at radius 2 is 1.64 bits per heavy atom. The molecule has 8 heteroatoms. The summed E-state index contributed by atoms with van der Waals surface area (Å²) in [4.78, 5) is 28.0. The van der Waals surface area contributed by atoms with Crippen molar-refractivity contribution in [2.24, 2.45) is 0 Å². The minimum atomic E-state index is -3.75. The second-order valence-electron chi connectivity index (χ2n) is 10.3. The Balaban J connectivity index is 2.38. The molecule has 0 fully saturated rings. The highest BCUT2D eigenvalue weighted by Gasteiger charge is 2.30. The van der Waals surface area contributed by atoms with E-state index in [4.69, 9.17) is 0 Å². The number of rotatable bonds is 11. The van der Waals surface area contributed by atoms with Crippen LogP contribution in [0.4, 0.5) is 5.69 Å². The zero-order valence-corrected chi connectivity index (χ0v) is 23.5. The zero-order chi connectivity index (χ0) is 27.1. The molecule has 2 aromatic carbocycles. The summed E-state index contributed by atoms with van der Waals surface area (Å²) in [7, 11) is -3.75. The predicted molar refractivity (Wildman–Crippen MR) is 146 cm³/mol. The molecule has 2 aromatic rings. The summed E-state index contributed by atoms with van der Waals surface area (Å²) in [5.41, 5.74) is 3.28. The molecule has 1 unspecified atom stereocenters. The summed E-state index contributed by atoms with van der Waals surface area (Å²) >= 11 is 0. The number of nitrogens with one attached hydrogen (secondary N) is 1. The van der Waals surface area contributed by atoms with Crippen molar-refractivity contribution < 1.29 is 18.0 Å². The zero-order valence-electron chi connectivity index (χ0n) is 22.7. The molecule has 0 radical (unpaired) electrons. The van der Waals surface area contributed by atoms with Gasteiger partial charge in [0.15, 0.2) is 0 Å². The molecule has 0 aliphatic carbocycles. The molecule has 1 atom stereocenters. The standard InChI is InChI=1S/C28H41N3O4S/c1-8-9-18-29-27(33)22(3)30(19-23-13-11-10-12-21(23)2)26(32)20-31(36(7,34)35)25-16-14-24(15-17-25)28(4,5)6/h10-17,22H,8-9,18-20H2,1-7H3,(H,29,33). The summed E-state index contributed by atoms with van der Waals surface area (Å²) < 4.78 is 26.6. The maximum absolute atomic E-state index is 13.6. The minimum absolute atomic E-state index is 0.0881. The van der Waals surface area contributed by atoms with E-state index in [0.29, 0.717) is 12.2 Å². The molecule has 36 heavy (non-hydrogen) atoms. The molecule has 0 bridgehead atoms. The lowest BCUT2D eigenvalue weighted by Crippen LogP contribution is -2.51. The first-order valence-electron chi connectivity index (χ1n) is 12.5. The Kier molecular flexibility index (Phi) is 10.1. The van der Waals surface area contributed by atoms with Crippen molar-refractivity contribution in [1.82, 2.24) is 10.2 Å². The number of hydrogen-bond donors (Lipinski definition) is 1. The van der Waals surface area contributed by atoms with Gasteiger partial charge in [0.05, 0.1) is 11.9 Å². The fourth-order valence-corrected chi connectivity index (χ4v) is 4.68. The van der Waals surface area contributed by atoms with E-state index >= 15 is 0 Å². The molecule has 0 saturated carbocycles. The number of sulfonamides is 1. The van der Waals surface area contributed by atoms with Gasteiger partial charge in [0.2, 0.25) is 21.8 Å². The topological polar surface area (TPSA) is 86.8 Å². The molecular weight excluding hydrogens is 474 g/mol. The van der Waals surface area contributed by atoms with E-state index in [1.165, 1.54) is 4.90 Å². The van der Waals surface area contributed by atoms with Gasteiger partial charge in [0.1, 0.15) is 12.6 Å². The quantitative estimate of drug-likeness (QED) is 0.450. The Bertz CT molecular complexity index is 1140. The maximum atomic E-state index is 13.6. The molecule has 2 amide bonds. The van der Waals surface area contributed by atoms with Crippen LogP contribution < -0.4 is 9.62 Å². The van der Waals surface area contributed by atoms with Crippen molar-refractivity contribution in [3.63, 3.8) is 0 Å². The van der Waals surface area contributed by atoms with Crippen LogP contribution in [0.1, 0.15) is 64.2 Å². The number of benzene rings is 2. The first-order valence-corrected chi connectivity index (χ1v) is 14.3. The van der Waals surface area contributed by atoms with Gasteiger partial charge in [0, 0.05) is 13.1 Å². The second kappa shape index (κ2) is 12.4. The first kappa shape index (κ1) is 29.4. The highest BCUT2D eigenvalue weighted by Crippen LogP contribution is 2.26. The van der Waals surface area contributed by atoms with E-state index < -0.39 is 28.5 Å². The number of anilines is 1.